The monoisotopic (exact) mass is 375 g/mol. The number of pyridine rings is 2. The molecule has 0 aliphatic carbocycles. The van der Waals surface area contributed by atoms with Gasteiger partial charge in [-0.15, -0.1) is 0 Å². The molecule has 4 rings (SSSR count). The smallest absolute Gasteiger partial charge is 0.141 e. The molecule has 2 N–H and O–H groups in total. The van der Waals surface area contributed by atoms with E-state index in [0.717, 1.165) is 20.8 Å². The summed E-state index contributed by atoms with van der Waals surface area (Å²) < 4.78 is 0. The average molecular weight is 375 g/mol. The first-order chi connectivity index (χ1) is 11.2. The molecule has 0 saturated carbocycles. The van der Waals surface area contributed by atoms with Crippen LogP contribution in [0.4, 0.5) is 0 Å². The van der Waals surface area contributed by atoms with Gasteiger partial charge in [-0.25, -0.2) is 9.97 Å². The van der Waals surface area contributed by atoms with E-state index in [4.69, 9.17) is 0 Å². The molecule has 0 aliphatic heterocycles. The summed E-state index contributed by atoms with van der Waals surface area (Å²) in [7, 11) is 0. The SMILES string of the molecule is Oc1cccc2ccc(Sc3ccc4cccc(O)c4n3)nc12.[Mn]. The second-order valence-electron chi connectivity index (χ2n) is 5.10. The zero-order valence-corrected chi connectivity index (χ0v) is 14.3. The van der Waals surface area contributed by atoms with Crippen molar-refractivity contribution in [3.05, 3.63) is 60.7 Å². The molecule has 24 heavy (non-hydrogen) atoms. The minimum atomic E-state index is 0. The minimum Gasteiger partial charge on any atom is -0.506 e. The number of hydrogen-bond acceptors (Lipinski definition) is 5. The van der Waals surface area contributed by atoms with Gasteiger partial charge in [0.2, 0.25) is 0 Å². The largest absolute Gasteiger partial charge is 0.506 e. The summed E-state index contributed by atoms with van der Waals surface area (Å²) in [6.07, 6.45) is 0. The van der Waals surface area contributed by atoms with E-state index in [0.29, 0.717) is 11.0 Å². The third-order valence-electron chi connectivity index (χ3n) is 3.56. The molecule has 4 nitrogen and oxygen atoms in total. The van der Waals surface area contributed by atoms with Crippen molar-refractivity contribution in [2.24, 2.45) is 0 Å². The Morgan fingerprint density at radius 1 is 0.625 bits per heavy atom. The molecule has 0 atom stereocenters. The van der Waals surface area contributed by atoms with Gasteiger partial charge in [0, 0.05) is 27.8 Å². The third-order valence-corrected chi connectivity index (χ3v) is 4.43. The first-order valence-corrected chi connectivity index (χ1v) is 7.88. The number of benzene rings is 2. The molecule has 2 heterocycles. The van der Waals surface area contributed by atoms with E-state index in [1.807, 2.05) is 36.4 Å². The van der Waals surface area contributed by atoms with Crippen LogP contribution in [0.3, 0.4) is 0 Å². The maximum absolute atomic E-state index is 9.92. The molecule has 0 amide bonds. The second-order valence-corrected chi connectivity index (χ2v) is 6.14. The number of phenolic OH excluding ortho intramolecular Hbond substituents is 2. The van der Waals surface area contributed by atoms with Crippen LogP contribution in [0.15, 0.2) is 70.7 Å². The minimum absolute atomic E-state index is 0. The standard InChI is InChI=1S/C18H12N2O2S.Mn/c21-13-5-1-3-11-7-9-15(19-17(11)13)23-16-10-8-12-4-2-6-14(22)18(12)20-16;/h1-10,21-22H;. The molecule has 2 aromatic carbocycles. The number of phenols is 2. The average Bonchev–Trinajstić information content (AvgIpc) is 2.56. The molecular weight excluding hydrogens is 363 g/mol. The Morgan fingerprint density at radius 2 is 1.08 bits per heavy atom. The number of para-hydroxylation sites is 2. The van der Waals surface area contributed by atoms with Crippen molar-refractivity contribution in [1.82, 2.24) is 9.97 Å². The maximum Gasteiger partial charge on any atom is 0.141 e. The molecule has 0 spiro atoms. The summed E-state index contributed by atoms with van der Waals surface area (Å²) in [6.45, 7) is 0. The van der Waals surface area contributed by atoms with Gasteiger partial charge in [0.25, 0.3) is 0 Å². The zero-order valence-electron chi connectivity index (χ0n) is 12.3. The van der Waals surface area contributed by atoms with Gasteiger partial charge in [0.1, 0.15) is 32.6 Å². The number of nitrogens with zero attached hydrogens (tertiary/aromatic N) is 2. The van der Waals surface area contributed by atoms with E-state index in [1.165, 1.54) is 11.8 Å². The fourth-order valence-corrected chi connectivity index (χ4v) is 3.21. The van der Waals surface area contributed by atoms with Crippen LogP contribution < -0.4 is 0 Å². The van der Waals surface area contributed by atoms with Crippen LogP contribution in [0.5, 0.6) is 11.5 Å². The third kappa shape index (κ3) is 3.04. The first-order valence-electron chi connectivity index (χ1n) is 7.06. The summed E-state index contributed by atoms with van der Waals surface area (Å²) in [4.78, 5) is 8.97. The van der Waals surface area contributed by atoms with Gasteiger partial charge in [-0.2, -0.15) is 0 Å². The van der Waals surface area contributed by atoms with Gasteiger partial charge >= 0.3 is 0 Å². The molecule has 1 radical (unpaired) electrons. The van der Waals surface area contributed by atoms with Crippen LogP contribution in [0.1, 0.15) is 0 Å². The predicted molar refractivity (Wildman–Crippen MR) is 90.9 cm³/mol. The number of aromatic nitrogens is 2. The fourth-order valence-electron chi connectivity index (χ4n) is 2.45. The normalized spacial score (nSPS) is 10.7. The Balaban J connectivity index is 0.00000169. The molecule has 0 bridgehead atoms. The molecule has 119 valence electrons. The topological polar surface area (TPSA) is 66.2 Å². The van der Waals surface area contributed by atoms with Crippen molar-refractivity contribution in [2.75, 3.05) is 0 Å². The van der Waals surface area contributed by atoms with E-state index in [-0.39, 0.29) is 28.6 Å². The summed E-state index contributed by atoms with van der Waals surface area (Å²) in [5.74, 6) is 0.322. The molecule has 0 fully saturated rings. The van der Waals surface area contributed by atoms with Crippen LogP contribution in [0.25, 0.3) is 21.8 Å². The van der Waals surface area contributed by atoms with Crippen LogP contribution in [-0.2, 0) is 17.1 Å². The number of aromatic hydroxyl groups is 2. The van der Waals surface area contributed by atoms with Crippen molar-refractivity contribution < 1.29 is 27.3 Å². The van der Waals surface area contributed by atoms with E-state index in [1.54, 1.807) is 24.3 Å². The Morgan fingerprint density at radius 3 is 1.54 bits per heavy atom. The Kier molecular flexibility index (Phi) is 4.62. The molecular formula is C18H12MnN2O2S. The summed E-state index contributed by atoms with van der Waals surface area (Å²) in [6, 6.07) is 18.3. The van der Waals surface area contributed by atoms with E-state index >= 15 is 0 Å². The van der Waals surface area contributed by atoms with Crippen LogP contribution >= 0.6 is 11.8 Å². The van der Waals surface area contributed by atoms with E-state index in [2.05, 4.69) is 9.97 Å². The van der Waals surface area contributed by atoms with Gasteiger partial charge in [-0.3, -0.25) is 0 Å². The summed E-state index contributed by atoms with van der Waals surface area (Å²) in [5.41, 5.74) is 1.14. The van der Waals surface area contributed by atoms with Crippen molar-refractivity contribution in [1.29, 1.82) is 0 Å². The van der Waals surface area contributed by atoms with Crippen molar-refractivity contribution >= 4 is 33.6 Å². The Labute approximate surface area is 153 Å². The Hall–Kier alpha value is -2.27. The van der Waals surface area contributed by atoms with Gasteiger partial charge in [-0.05, 0) is 36.4 Å². The first kappa shape index (κ1) is 16.6. The number of rotatable bonds is 2. The van der Waals surface area contributed by atoms with Crippen molar-refractivity contribution in [3.63, 3.8) is 0 Å². The predicted octanol–water partition coefficient (Wildman–Crippen LogP) is 4.34. The number of fused-ring (bicyclic) bond motifs is 2. The van der Waals surface area contributed by atoms with Gasteiger partial charge in [-0.1, -0.05) is 36.0 Å². The van der Waals surface area contributed by atoms with Gasteiger partial charge < -0.3 is 10.2 Å². The summed E-state index contributed by atoms with van der Waals surface area (Å²) >= 11 is 1.39. The molecule has 4 aromatic rings. The second kappa shape index (κ2) is 6.69. The van der Waals surface area contributed by atoms with E-state index < -0.39 is 0 Å². The Bertz CT molecular complexity index is 957. The fraction of sp³-hybridized carbons (Fsp3) is 0. The molecule has 0 unspecified atom stereocenters. The van der Waals surface area contributed by atoms with Crippen molar-refractivity contribution in [3.8, 4) is 11.5 Å². The number of hydrogen-bond donors (Lipinski definition) is 2. The maximum atomic E-state index is 9.92. The van der Waals surface area contributed by atoms with Crippen LogP contribution in [0.2, 0.25) is 0 Å². The molecule has 6 heteroatoms. The zero-order chi connectivity index (χ0) is 15.8. The van der Waals surface area contributed by atoms with E-state index in [9.17, 15) is 10.2 Å². The molecule has 2 aromatic heterocycles. The molecule has 0 aliphatic rings. The van der Waals surface area contributed by atoms with Crippen LogP contribution in [0, 0.1) is 0 Å². The van der Waals surface area contributed by atoms with Crippen LogP contribution in [-0.4, -0.2) is 20.2 Å². The quantitative estimate of drug-likeness (QED) is 0.510. The molecule has 0 saturated heterocycles. The van der Waals surface area contributed by atoms with Gasteiger partial charge in [0.15, 0.2) is 0 Å². The summed E-state index contributed by atoms with van der Waals surface area (Å²) in [5, 5.41) is 23.1. The van der Waals surface area contributed by atoms with Crippen molar-refractivity contribution in [2.45, 2.75) is 10.1 Å². The van der Waals surface area contributed by atoms with Gasteiger partial charge in [0.05, 0.1) is 0 Å².